The van der Waals surface area contributed by atoms with Gasteiger partial charge < -0.3 is 18.6 Å². The second-order valence-electron chi connectivity index (χ2n) is 12.4. The number of aromatic nitrogens is 2. The van der Waals surface area contributed by atoms with Crippen LogP contribution in [0.4, 0.5) is 11.4 Å². The molecule has 5 aromatic carbocycles. The highest BCUT2D eigenvalue weighted by Crippen LogP contribution is 2.36. The molecule has 6 nitrogen and oxygen atoms in total. The fourth-order valence-electron chi connectivity index (χ4n) is 5.68. The maximum absolute atomic E-state index is 6.34. The van der Waals surface area contributed by atoms with E-state index in [2.05, 4.69) is 76.5 Å². The van der Waals surface area contributed by atoms with Crippen molar-refractivity contribution in [3.63, 3.8) is 0 Å². The molecule has 7 aromatic rings. The molecule has 0 spiro atoms. The Labute approximate surface area is 293 Å². The van der Waals surface area contributed by atoms with Gasteiger partial charge >= 0.3 is 0 Å². The zero-order valence-electron chi connectivity index (χ0n) is 28.6. The van der Waals surface area contributed by atoms with Gasteiger partial charge in [-0.1, -0.05) is 109 Å². The maximum Gasteiger partial charge on any atom is 0.220 e. The van der Waals surface area contributed by atoms with E-state index in [1.807, 2.05) is 119 Å². The molecule has 0 saturated carbocycles. The lowest BCUT2D eigenvalue weighted by atomic mass is 10.1. The summed E-state index contributed by atoms with van der Waals surface area (Å²) < 4.78 is 12.7. The Bertz CT molecular complexity index is 2240. The van der Waals surface area contributed by atoms with Gasteiger partial charge in [0.15, 0.2) is 11.5 Å². The Hall–Kier alpha value is -6.40. The van der Waals surface area contributed by atoms with Crippen LogP contribution in [0.15, 0.2) is 142 Å². The maximum atomic E-state index is 6.34. The molecular weight excluding hydrogens is 617 g/mol. The number of hydrogen-bond donors (Lipinski definition) is 0. The van der Waals surface area contributed by atoms with Crippen LogP contribution in [0, 0.1) is 0 Å². The summed E-state index contributed by atoms with van der Waals surface area (Å²) in [5, 5.41) is 0. The number of nitrogens with zero attached hydrogens (tertiary/aromatic N) is 4. The van der Waals surface area contributed by atoms with Gasteiger partial charge in [-0.15, -0.1) is 0 Å². The van der Waals surface area contributed by atoms with Crippen molar-refractivity contribution in [2.75, 3.05) is 38.0 Å². The van der Waals surface area contributed by atoms with E-state index in [9.17, 15) is 0 Å². The summed E-state index contributed by atoms with van der Waals surface area (Å²) in [6, 6.07) is 45.2. The third-order valence-electron chi connectivity index (χ3n) is 8.43. The lowest BCUT2D eigenvalue weighted by Gasteiger charge is -2.13. The standard InChI is InChI=1S/C44H38N4O2/c1-47(2)37-26-24-33(25-27-37)41-43(34-12-7-5-8-13-34)49-39(45-41)28-22-31-18-20-32(21-19-31)23-29-40-46-42(36-16-11-17-38(30-36)48(3)4)44(50-40)35-14-9-6-10-15-35/h5-30H,1-4H3/b28-22+,29-23+. The minimum atomic E-state index is 0.545. The van der Waals surface area contributed by atoms with Gasteiger partial charge in [0.05, 0.1) is 0 Å². The molecule has 50 heavy (non-hydrogen) atoms. The van der Waals surface area contributed by atoms with Crippen LogP contribution in [0.1, 0.15) is 22.9 Å². The fraction of sp³-hybridized carbons (Fsp3) is 0.0909. The molecule has 0 amide bonds. The normalized spacial score (nSPS) is 11.4. The van der Waals surface area contributed by atoms with E-state index >= 15 is 0 Å². The quantitative estimate of drug-likeness (QED) is 0.146. The summed E-state index contributed by atoms with van der Waals surface area (Å²) in [5.41, 5.74) is 9.91. The predicted molar refractivity (Wildman–Crippen MR) is 208 cm³/mol. The van der Waals surface area contributed by atoms with Gasteiger partial charge in [-0.2, -0.15) is 0 Å². The van der Waals surface area contributed by atoms with E-state index in [0.29, 0.717) is 11.8 Å². The van der Waals surface area contributed by atoms with E-state index in [4.69, 9.17) is 18.8 Å². The first-order valence-electron chi connectivity index (χ1n) is 16.6. The minimum Gasteiger partial charge on any atom is -0.436 e. The molecule has 246 valence electrons. The van der Waals surface area contributed by atoms with Crippen molar-refractivity contribution in [3.8, 4) is 45.2 Å². The number of anilines is 2. The van der Waals surface area contributed by atoms with Crippen LogP contribution in [0.25, 0.3) is 69.5 Å². The first kappa shape index (κ1) is 32.2. The molecule has 6 heteroatoms. The first-order valence-corrected chi connectivity index (χ1v) is 16.6. The van der Waals surface area contributed by atoms with Gasteiger partial charge in [0.2, 0.25) is 11.8 Å². The van der Waals surface area contributed by atoms with Crippen LogP contribution < -0.4 is 9.80 Å². The molecule has 7 rings (SSSR count). The Morgan fingerprint density at radius 3 is 1.36 bits per heavy atom. The lowest BCUT2D eigenvalue weighted by molar-refractivity contribution is 0.560. The monoisotopic (exact) mass is 654 g/mol. The van der Waals surface area contributed by atoms with E-state index in [-0.39, 0.29) is 0 Å². The first-order chi connectivity index (χ1) is 24.4. The molecule has 0 aliphatic carbocycles. The van der Waals surface area contributed by atoms with Crippen LogP contribution in [0.5, 0.6) is 0 Å². The van der Waals surface area contributed by atoms with E-state index in [1.165, 1.54) is 0 Å². The molecule has 0 aliphatic heterocycles. The number of hydrogen-bond acceptors (Lipinski definition) is 6. The largest absolute Gasteiger partial charge is 0.436 e. The topological polar surface area (TPSA) is 58.5 Å². The zero-order valence-corrected chi connectivity index (χ0v) is 28.6. The SMILES string of the molecule is CN(C)c1ccc(-c2nc(/C=C/c3ccc(/C=C/c4nc(-c5cccc(N(C)C)c5)c(-c5ccccc5)o4)cc3)oc2-c2ccccc2)cc1. The summed E-state index contributed by atoms with van der Waals surface area (Å²) in [7, 11) is 8.14. The smallest absolute Gasteiger partial charge is 0.220 e. The van der Waals surface area contributed by atoms with Crippen molar-refractivity contribution in [2.24, 2.45) is 0 Å². The van der Waals surface area contributed by atoms with Gasteiger partial charge in [-0.05, 0) is 47.5 Å². The highest BCUT2D eigenvalue weighted by atomic mass is 16.4. The minimum absolute atomic E-state index is 0.545. The summed E-state index contributed by atoms with van der Waals surface area (Å²) in [6.07, 6.45) is 7.87. The summed E-state index contributed by atoms with van der Waals surface area (Å²) in [4.78, 5) is 14.0. The molecule has 0 unspecified atom stereocenters. The van der Waals surface area contributed by atoms with Crippen molar-refractivity contribution in [3.05, 3.63) is 156 Å². The predicted octanol–water partition coefficient (Wildman–Crippen LogP) is 10.8. The number of rotatable bonds is 10. The second kappa shape index (κ2) is 14.4. The van der Waals surface area contributed by atoms with Crippen molar-refractivity contribution < 1.29 is 8.83 Å². The van der Waals surface area contributed by atoms with Gasteiger partial charge in [-0.3, -0.25) is 0 Å². The number of benzene rings is 5. The Balaban J connectivity index is 1.12. The summed E-state index contributed by atoms with van der Waals surface area (Å²) >= 11 is 0. The molecule has 0 fully saturated rings. The van der Waals surface area contributed by atoms with E-state index < -0.39 is 0 Å². The highest BCUT2D eigenvalue weighted by molar-refractivity contribution is 5.81. The van der Waals surface area contributed by atoms with Gasteiger partial charge in [0.1, 0.15) is 11.4 Å². The van der Waals surface area contributed by atoms with Gasteiger partial charge in [0, 0.05) is 74.0 Å². The molecule has 2 aromatic heterocycles. The zero-order chi connectivity index (χ0) is 34.5. The van der Waals surface area contributed by atoms with Crippen LogP contribution >= 0.6 is 0 Å². The lowest BCUT2D eigenvalue weighted by Crippen LogP contribution is -2.08. The number of oxazole rings is 2. The molecule has 0 bridgehead atoms. The Kier molecular flexibility index (Phi) is 9.25. The molecule has 0 aliphatic rings. The summed E-state index contributed by atoms with van der Waals surface area (Å²) in [6.45, 7) is 0. The molecule has 0 atom stereocenters. The van der Waals surface area contributed by atoms with E-state index in [0.717, 1.165) is 67.7 Å². The molecular formula is C44H38N4O2. The van der Waals surface area contributed by atoms with E-state index in [1.54, 1.807) is 0 Å². The van der Waals surface area contributed by atoms with Crippen LogP contribution in [0.3, 0.4) is 0 Å². The van der Waals surface area contributed by atoms with Crippen molar-refractivity contribution in [2.45, 2.75) is 0 Å². The molecule has 0 N–H and O–H groups in total. The van der Waals surface area contributed by atoms with Crippen LogP contribution in [0.2, 0.25) is 0 Å². The highest BCUT2D eigenvalue weighted by Gasteiger charge is 2.18. The molecule has 0 radical (unpaired) electrons. The second-order valence-corrected chi connectivity index (χ2v) is 12.4. The van der Waals surface area contributed by atoms with Crippen molar-refractivity contribution in [1.82, 2.24) is 9.97 Å². The third-order valence-corrected chi connectivity index (χ3v) is 8.43. The van der Waals surface area contributed by atoms with Crippen LogP contribution in [-0.4, -0.2) is 38.2 Å². The van der Waals surface area contributed by atoms with Crippen molar-refractivity contribution in [1.29, 1.82) is 0 Å². The summed E-state index contributed by atoms with van der Waals surface area (Å²) in [5.74, 6) is 2.59. The fourth-order valence-corrected chi connectivity index (χ4v) is 5.68. The Morgan fingerprint density at radius 2 is 0.880 bits per heavy atom. The average Bonchev–Trinajstić information content (AvgIpc) is 3.80. The van der Waals surface area contributed by atoms with Gasteiger partial charge in [-0.25, -0.2) is 9.97 Å². The molecule has 2 heterocycles. The Morgan fingerprint density at radius 1 is 0.420 bits per heavy atom. The average molecular weight is 655 g/mol. The third kappa shape index (κ3) is 7.20. The van der Waals surface area contributed by atoms with Gasteiger partial charge in [0.25, 0.3) is 0 Å². The van der Waals surface area contributed by atoms with Crippen LogP contribution in [-0.2, 0) is 0 Å². The molecule has 0 saturated heterocycles. The van der Waals surface area contributed by atoms with Crippen molar-refractivity contribution >= 4 is 35.7 Å².